The molecule has 0 saturated carbocycles. The molecule has 4 aromatic rings. The van der Waals surface area contributed by atoms with Gasteiger partial charge in [0.05, 0.1) is 12.8 Å². The summed E-state index contributed by atoms with van der Waals surface area (Å²) in [6, 6.07) is 22.3. The van der Waals surface area contributed by atoms with E-state index in [1.54, 1.807) is 7.11 Å². The van der Waals surface area contributed by atoms with Crippen molar-refractivity contribution in [1.29, 1.82) is 0 Å². The molecular weight excluding hydrogens is 444 g/mol. The predicted octanol–water partition coefficient (Wildman–Crippen LogP) is 4.96. The first kappa shape index (κ1) is 23.4. The van der Waals surface area contributed by atoms with Crippen molar-refractivity contribution in [1.82, 2.24) is 9.97 Å². The van der Waals surface area contributed by atoms with Crippen LogP contribution in [0.3, 0.4) is 0 Å². The number of rotatable bonds is 9. The van der Waals surface area contributed by atoms with Crippen LogP contribution in [0.1, 0.15) is 0 Å². The highest BCUT2D eigenvalue weighted by atomic mass is 16.5. The summed E-state index contributed by atoms with van der Waals surface area (Å²) in [7, 11) is 5.27. The summed E-state index contributed by atoms with van der Waals surface area (Å²) in [6.45, 7) is 0. The summed E-state index contributed by atoms with van der Waals surface area (Å²) in [5.41, 5.74) is 9.07. The highest BCUT2D eigenvalue weighted by molar-refractivity contribution is 5.94. The number of amides is 1. The number of benzene rings is 3. The topological polar surface area (TPSA) is 106 Å². The number of nitrogens with two attached hydrogens (primary N) is 1. The number of hydrogen-bond donors (Lipinski definition) is 2. The van der Waals surface area contributed by atoms with E-state index in [-0.39, 0.29) is 5.82 Å². The maximum atomic E-state index is 12.1. The van der Waals surface area contributed by atoms with Gasteiger partial charge in [0.2, 0.25) is 6.41 Å². The number of hydrogen-bond acceptors (Lipinski definition) is 8. The van der Waals surface area contributed by atoms with Crippen LogP contribution in [-0.2, 0) is 4.79 Å². The normalized spacial score (nSPS) is 10.4. The number of methoxy groups -OCH3 is 1. The number of anilines is 6. The Morgan fingerprint density at radius 3 is 2.20 bits per heavy atom. The van der Waals surface area contributed by atoms with Gasteiger partial charge < -0.3 is 25.4 Å². The Labute approximate surface area is 203 Å². The number of nitrogen functional groups attached to an aromatic ring is 1. The molecular formula is C26H26N6O3. The molecule has 178 valence electrons. The zero-order chi connectivity index (χ0) is 24.8. The number of nitrogens with one attached hydrogen (secondary N) is 1. The summed E-state index contributed by atoms with van der Waals surface area (Å²) >= 11 is 0. The fourth-order valence-electron chi connectivity index (χ4n) is 3.57. The second-order valence-electron chi connectivity index (χ2n) is 7.54. The minimum Gasteiger partial charge on any atom is -0.497 e. The third-order valence-electron chi connectivity index (χ3n) is 5.43. The summed E-state index contributed by atoms with van der Waals surface area (Å²) < 4.78 is 11.1. The van der Waals surface area contributed by atoms with Crippen molar-refractivity contribution < 1.29 is 14.3 Å². The third-order valence-corrected chi connectivity index (χ3v) is 5.43. The smallest absolute Gasteiger partial charge is 0.219 e. The zero-order valence-electron chi connectivity index (χ0n) is 19.7. The number of ether oxygens (including phenoxy) is 2. The van der Waals surface area contributed by atoms with Gasteiger partial charge in [-0.1, -0.05) is 6.07 Å². The van der Waals surface area contributed by atoms with Gasteiger partial charge in [0.25, 0.3) is 0 Å². The van der Waals surface area contributed by atoms with Crippen LogP contribution < -0.4 is 30.3 Å². The minimum absolute atomic E-state index is 0.243. The lowest BCUT2D eigenvalue weighted by molar-refractivity contribution is -0.106. The van der Waals surface area contributed by atoms with Gasteiger partial charge >= 0.3 is 0 Å². The first-order chi connectivity index (χ1) is 17.0. The van der Waals surface area contributed by atoms with Crippen LogP contribution in [0.2, 0.25) is 0 Å². The molecule has 4 rings (SSSR count). The van der Waals surface area contributed by atoms with Crippen molar-refractivity contribution in [3.8, 4) is 17.2 Å². The van der Waals surface area contributed by atoms with E-state index in [2.05, 4.69) is 15.3 Å². The molecule has 0 radical (unpaired) electrons. The van der Waals surface area contributed by atoms with Crippen LogP contribution in [0.5, 0.6) is 17.2 Å². The van der Waals surface area contributed by atoms with Crippen LogP contribution >= 0.6 is 0 Å². The summed E-state index contributed by atoms with van der Waals surface area (Å²) in [5.74, 6) is 2.73. The van der Waals surface area contributed by atoms with Gasteiger partial charge in [0.1, 0.15) is 29.3 Å². The lowest BCUT2D eigenvalue weighted by Gasteiger charge is -2.27. The van der Waals surface area contributed by atoms with Gasteiger partial charge in [-0.05, 0) is 66.7 Å². The zero-order valence-corrected chi connectivity index (χ0v) is 19.7. The molecule has 1 aromatic heterocycles. The van der Waals surface area contributed by atoms with Crippen molar-refractivity contribution in [2.24, 2.45) is 0 Å². The molecule has 35 heavy (non-hydrogen) atoms. The summed E-state index contributed by atoms with van der Waals surface area (Å²) in [6.07, 6.45) is 2.05. The Bertz CT molecular complexity index is 1300. The Balaban J connectivity index is 1.62. The molecule has 0 bridgehead atoms. The highest BCUT2D eigenvalue weighted by Gasteiger charge is 2.22. The molecule has 1 heterocycles. The quantitative estimate of drug-likeness (QED) is 0.331. The van der Waals surface area contributed by atoms with Gasteiger partial charge in [0.15, 0.2) is 11.6 Å². The number of nitrogens with zero attached hydrogens (tertiary/aromatic N) is 4. The number of aromatic nitrogens is 2. The van der Waals surface area contributed by atoms with E-state index in [4.69, 9.17) is 15.2 Å². The highest BCUT2D eigenvalue weighted by Crippen LogP contribution is 2.38. The summed E-state index contributed by atoms with van der Waals surface area (Å²) in [5, 5.41) is 3.07. The van der Waals surface area contributed by atoms with Crippen LogP contribution in [0.4, 0.5) is 34.4 Å². The molecule has 0 aliphatic rings. The molecule has 0 aliphatic heterocycles. The molecule has 9 heteroatoms. The number of carbonyl (C=O) groups is 1. The van der Waals surface area contributed by atoms with Crippen LogP contribution in [0.15, 0.2) is 79.1 Å². The standard InChI is InChI=1S/C26H26N6O3/c1-28-18-5-4-6-20(15-18)32(17-33)26-24(25(27)29-16-30-26)31(2)19-7-9-22(10-8-19)35-23-13-11-21(34-3)12-14-23/h4-17,28H,1-3H3,(H2,27,29,30). The van der Waals surface area contributed by atoms with Crippen molar-refractivity contribution >= 4 is 40.8 Å². The first-order valence-electron chi connectivity index (χ1n) is 10.8. The molecule has 0 spiro atoms. The molecule has 9 nitrogen and oxygen atoms in total. The van der Waals surface area contributed by atoms with Gasteiger partial charge in [-0.15, -0.1) is 0 Å². The molecule has 0 saturated heterocycles. The number of carbonyl (C=O) groups excluding carboxylic acids is 1. The van der Waals surface area contributed by atoms with Gasteiger partial charge in [-0.3, -0.25) is 9.69 Å². The molecule has 3 N–H and O–H groups in total. The molecule has 0 fully saturated rings. The van der Waals surface area contributed by atoms with Crippen molar-refractivity contribution in [2.45, 2.75) is 0 Å². The SMILES string of the molecule is CNc1cccc(N(C=O)c2ncnc(N)c2N(C)c2ccc(Oc3ccc(OC)cc3)cc2)c1. The van der Waals surface area contributed by atoms with Crippen LogP contribution in [-0.4, -0.2) is 37.6 Å². The third kappa shape index (κ3) is 5.09. The van der Waals surface area contributed by atoms with Gasteiger partial charge in [-0.2, -0.15) is 0 Å². The molecule has 0 unspecified atom stereocenters. The van der Waals surface area contributed by atoms with E-state index in [0.717, 1.165) is 17.1 Å². The van der Waals surface area contributed by atoms with E-state index in [1.807, 2.05) is 91.8 Å². The molecule has 1 amide bonds. The lowest BCUT2D eigenvalue weighted by atomic mass is 10.2. The predicted molar refractivity (Wildman–Crippen MR) is 138 cm³/mol. The molecule has 0 aliphatic carbocycles. The van der Waals surface area contributed by atoms with Crippen molar-refractivity contribution in [3.63, 3.8) is 0 Å². The Morgan fingerprint density at radius 1 is 0.914 bits per heavy atom. The lowest BCUT2D eigenvalue weighted by Crippen LogP contribution is -2.22. The van der Waals surface area contributed by atoms with E-state index in [1.165, 1.54) is 11.2 Å². The molecule has 0 atom stereocenters. The average molecular weight is 471 g/mol. The average Bonchev–Trinajstić information content (AvgIpc) is 2.90. The maximum Gasteiger partial charge on any atom is 0.219 e. The first-order valence-corrected chi connectivity index (χ1v) is 10.8. The van der Waals surface area contributed by atoms with Crippen molar-refractivity contribution in [3.05, 3.63) is 79.1 Å². The minimum atomic E-state index is 0.243. The molecule has 3 aromatic carbocycles. The van der Waals surface area contributed by atoms with Crippen molar-refractivity contribution in [2.75, 3.05) is 42.1 Å². The Kier molecular flexibility index (Phi) is 6.96. The van der Waals surface area contributed by atoms with E-state index >= 15 is 0 Å². The van der Waals surface area contributed by atoms with E-state index in [9.17, 15) is 4.79 Å². The second-order valence-corrected chi connectivity index (χ2v) is 7.54. The second kappa shape index (κ2) is 10.4. The Morgan fingerprint density at radius 2 is 1.57 bits per heavy atom. The van der Waals surface area contributed by atoms with Gasteiger partial charge in [-0.25, -0.2) is 9.97 Å². The monoisotopic (exact) mass is 470 g/mol. The fraction of sp³-hybridized carbons (Fsp3) is 0.115. The van der Waals surface area contributed by atoms with E-state index in [0.29, 0.717) is 35.1 Å². The fourth-order valence-corrected chi connectivity index (χ4v) is 3.57. The summed E-state index contributed by atoms with van der Waals surface area (Å²) in [4.78, 5) is 24.0. The van der Waals surface area contributed by atoms with Crippen LogP contribution in [0, 0.1) is 0 Å². The van der Waals surface area contributed by atoms with Crippen LogP contribution in [0.25, 0.3) is 0 Å². The Hall–Kier alpha value is -4.79. The largest absolute Gasteiger partial charge is 0.497 e. The van der Waals surface area contributed by atoms with E-state index < -0.39 is 0 Å². The van der Waals surface area contributed by atoms with Gasteiger partial charge in [0, 0.05) is 25.5 Å². The maximum absolute atomic E-state index is 12.1.